The molecule has 2 fully saturated rings. The zero-order valence-electron chi connectivity index (χ0n) is 51.2. The van der Waals surface area contributed by atoms with Gasteiger partial charge in [-0.1, -0.05) is 211 Å². The lowest BCUT2D eigenvalue weighted by Crippen LogP contribution is -2.50. The molecule has 6 N–H and O–H groups in total. The topological polar surface area (TPSA) is 201 Å². The average Bonchev–Trinajstić information content (AvgIpc) is 1.30. The molecule has 7 aromatic rings. The van der Waals surface area contributed by atoms with Gasteiger partial charge in [-0.3, -0.25) is 24.2 Å². The van der Waals surface area contributed by atoms with Crippen molar-refractivity contribution in [2.45, 2.75) is 112 Å². The minimum Gasteiger partial charge on any atom is -0.480 e. The first kappa shape index (κ1) is 69.2. The van der Waals surface area contributed by atoms with Gasteiger partial charge in [0.05, 0.1) is 37.2 Å². The van der Waals surface area contributed by atoms with E-state index in [9.17, 15) is 34.2 Å². The molecule has 2 aliphatic rings. The molecular weight excluding hydrogens is 1200 g/mol. The van der Waals surface area contributed by atoms with Gasteiger partial charge < -0.3 is 36.1 Å². The zero-order valence-corrected chi connectivity index (χ0v) is 54.4. The summed E-state index contributed by atoms with van der Waals surface area (Å²) in [5.74, 6) is -1.12. The molecule has 470 valence electrons. The van der Waals surface area contributed by atoms with Crippen molar-refractivity contribution in [1.29, 1.82) is 0 Å². The molecule has 2 saturated heterocycles. The number of nitrogens with zero attached hydrogens (tertiary/aromatic N) is 2. The first-order chi connectivity index (χ1) is 42.5. The van der Waals surface area contributed by atoms with Crippen LogP contribution in [0.3, 0.4) is 0 Å². The van der Waals surface area contributed by atoms with Crippen molar-refractivity contribution in [3.8, 4) is 0 Å². The second kappa shape index (κ2) is 32.4. The van der Waals surface area contributed by atoms with E-state index in [1.54, 1.807) is 35.7 Å². The van der Waals surface area contributed by atoms with Crippen LogP contribution in [0.1, 0.15) is 111 Å². The summed E-state index contributed by atoms with van der Waals surface area (Å²) in [5, 5.41) is 26.2. The van der Waals surface area contributed by atoms with Crippen LogP contribution in [0.5, 0.6) is 0 Å². The second-order valence-electron chi connectivity index (χ2n) is 23.8. The van der Waals surface area contributed by atoms with Crippen LogP contribution < -0.4 is 16.4 Å². The van der Waals surface area contributed by atoms with Crippen LogP contribution in [0.2, 0.25) is 10.0 Å². The fourth-order valence-corrected chi connectivity index (χ4v) is 14.6. The van der Waals surface area contributed by atoms with Gasteiger partial charge in [0.15, 0.2) is 0 Å². The molecule has 89 heavy (non-hydrogen) atoms. The second-order valence-corrected chi connectivity index (χ2v) is 27.1. The van der Waals surface area contributed by atoms with E-state index >= 15 is 0 Å². The molecular formula is C71H81Cl2N5O9S2. The third kappa shape index (κ3) is 19.4. The molecule has 4 atom stereocenters. The number of aliphatic carboxylic acids is 2. The summed E-state index contributed by atoms with van der Waals surface area (Å²) < 4.78 is 10.1. The highest BCUT2D eigenvalue weighted by Gasteiger charge is 2.41. The number of likely N-dealkylation sites (tertiary alicyclic amines) is 2. The molecule has 0 aliphatic carbocycles. The Morgan fingerprint density at radius 3 is 1.03 bits per heavy atom. The van der Waals surface area contributed by atoms with Crippen LogP contribution in [0.4, 0.5) is 9.59 Å². The summed E-state index contributed by atoms with van der Waals surface area (Å²) >= 11 is 14.8. The number of carbonyl (C=O) groups excluding carboxylic acids is 3. The van der Waals surface area contributed by atoms with Crippen molar-refractivity contribution in [3.63, 3.8) is 0 Å². The summed E-state index contributed by atoms with van der Waals surface area (Å²) in [6.07, 6.45) is 1.89. The summed E-state index contributed by atoms with van der Waals surface area (Å²) in [6, 6.07) is 65.4. The maximum absolute atomic E-state index is 12.9. The van der Waals surface area contributed by atoms with Crippen LogP contribution in [-0.4, -0.2) is 123 Å². The zero-order chi connectivity index (χ0) is 64.2. The number of hydrogen-bond acceptors (Lipinski definition) is 11. The predicted molar refractivity (Wildman–Crippen MR) is 359 cm³/mol. The number of benzene rings is 7. The van der Waals surface area contributed by atoms with Crippen molar-refractivity contribution in [1.82, 2.24) is 20.4 Å². The maximum Gasteiger partial charge on any atom is 0.407 e. The van der Waals surface area contributed by atoms with Gasteiger partial charge in [-0.25, -0.2) is 9.59 Å². The van der Waals surface area contributed by atoms with E-state index in [1.807, 2.05) is 87.7 Å². The molecule has 9 rings (SSSR count). The minimum absolute atomic E-state index is 0.210. The van der Waals surface area contributed by atoms with Gasteiger partial charge in [-0.15, -0.1) is 23.5 Å². The fourth-order valence-electron chi connectivity index (χ4n) is 11.1. The molecule has 0 radical (unpaired) electrons. The number of ether oxygens (including phenoxy) is 2. The number of carbonyl (C=O) groups is 5. The lowest BCUT2D eigenvalue weighted by molar-refractivity contribution is -0.143. The van der Waals surface area contributed by atoms with E-state index in [1.165, 1.54) is 6.07 Å². The van der Waals surface area contributed by atoms with Gasteiger partial charge in [0, 0.05) is 24.6 Å². The molecule has 3 amide bonds. The highest BCUT2D eigenvalue weighted by molar-refractivity contribution is 8.01. The molecule has 0 unspecified atom stereocenters. The Hall–Kier alpha value is -7.31. The standard InChI is InChI=1S/2C32H38N2O4S.C7H5Cl2NO/c2*1-31(2,3)38-30(37)33-27(22-34-21-13-20-28(34)29(35)36)23-39-32(24-14-7-4-8-15-24,25-16-9-5-10-17-25)26-18-11-6-12-19-26;8-5-3-1-2-4(6(5)9)7(10)11/h2*4-12,14-19,27-28H,13,20-23H2,1-3H3,(H,33,37)(H,35,36);1-3H,(H2,10,11)/t2*27-,28+;/m11./s1. The van der Waals surface area contributed by atoms with Crippen molar-refractivity contribution in [3.05, 3.63) is 249 Å². The van der Waals surface area contributed by atoms with E-state index in [0.717, 1.165) is 46.2 Å². The third-order valence-corrected chi connectivity index (χ3v) is 19.2. The number of carboxylic acids is 2. The van der Waals surface area contributed by atoms with Gasteiger partial charge >= 0.3 is 24.1 Å². The monoisotopic (exact) mass is 1280 g/mol. The van der Waals surface area contributed by atoms with Gasteiger partial charge in [-0.2, -0.15) is 0 Å². The van der Waals surface area contributed by atoms with Crippen molar-refractivity contribution < 1.29 is 43.7 Å². The lowest BCUT2D eigenvalue weighted by atomic mass is 9.84. The van der Waals surface area contributed by atoms with E-state index in [-0.39, 0.29) is 22.7 Å². The Morgan fingerprint density at radius 1 is 0.494 bits per heavy atom. The van der Waals surface area contributed by atoms with Gasteiger partial charge in [0.2, 0.25) is 5.91 Å². The number of nitrogens with one attached hydrogen (secondary N) is 2. The van der Waals surface area contributed by atoms with Crippen molar-refractivity contribution in [2.75, 3.05) is 37.7 Å². The predicted octanol–water partition coefficient (Wildman–Crippen LogP) is 14.4. The molecule has 2 aliphatic heterocycles. The number of primary amides is 1. The molecule has 0 spiro atoms. The normalized spacial score (nSPS) is 16.0. The average molecular weight is 1280 g/mol. The summed E-state index contributed by atoms with van der Waals surface area (Å²) in [5.41, 5.74) is 10.8. The Labute approximate surface area is 542 Å². The van der Waals surface area contributed by atoms with Crippen molar-refractivity contribution >= 4 is 76.8 Å². The van der Waals surface area contributed by atoms with E-state index in [0.29, 0.717) is 55.5 Å². The number of carboxylic acid groups (broad SMARTS) is 2. The molecule has 14 nitrogen and oxygen atoms in total. The van der Waals surface area contributed by atoms with Gasteiger partial charge in [-0.05, 0) is 126 Å². The van der Waals surface area contributed by atoms with Gasteiger partial charge in [0.1, 0.15) is 23.3 Å². The van der Waals surface area contributed by atoms with Crippen molar-refractivity contribution in [2.24, 2.45) is 5.73 Å². The largest absolute Gasteiger partial charge is 0.480 e. The lowest BCUT2D eigenvalue weighted by Gasteiger charge is -2.37. The highest BCUT2D eigenvalue weighted by atomic mass is 35.5. The first-order valence-electron chi connectivity index (χ1n) is 29.8. The Morgan fingerprint density at radius 2 is 0.787 bits per heavy atom. The molecule has 0 saturated carbocycles. The molecule has 2 heterocycles. The maximum atomic E-state index is 12.9. The van der Waals surface area contributed by atoms with Crippen LogP contribution in [-0.2, 0) is 28.6 Å². The molecule has 18 heteroatoms. The molecule has 7 aromatic carbocycles. The summed E-state index contributed by atoms with van der Waals surface area (Å²) in [4.78, 5) is 64.3. The number of thioether (sulfide) groups is 2. The summed E-state index contributed by atoms with van der Waals surface area (Å²) in [6.45, 7) is 13.3. The number of hydrogen-bond donors (Lipinski definition) is 5. The van der Waals surface area contributed by atoms with Crippen LogP contribution in [0.15, 0.2) is 200 Å². The minimum atomic E-state index is -0.816. The number of rotatable bonds is 21. The van der Waals surface area contributed by atoms with E-state index < -0.39 is 62.8 Å². The van der Waals surface area contributed by atoms with Crippen LogP contribution >= 0.6 is 46.7 Å². The van der Waals surface area contributed by atoms with Gasteiger partial charge in [0.25, 0.3) is 0 Å². The molecule has 0 bridgehead atoms. The summed E-state index contributed by atoms with van der Waals surface area (Å²) in [7, 11) is 0. The smallest absolute Gasteiger partial charge is 0.407 e. The Kier molecular flexibility index (Phi) is 25.2. The fraction of sp³-hybridized carbons (Fsp3) is 0.338. The van der Waals surface area contributed by atoms with Crippen LogP contribution in [0.25, 0.3) is 0 Å². The number of nitrogens with two attached hydrogens (primary N) is 1. The first-order valence-corrected chi connectivity index (χ1v) is 32.5. The Bertz CT molecular complexity index is 3000. The molecule has 0 aromatic heterocycles. The highest BCUT2D eigenvalue weighted by Crippen LogP contribution is 2.50. The van der Waals surface area contributed by atoms with E-state index in [4.69, 9.17) is 38.4 Å². The van der Waals surface area contributed by atoms with Crippen LogP contribution in [0, 0.1) is 0 Å². The number of halogens is 2. The third-order valence-electron chi connectivity index (χ3n) is 14.9. The quantitative estimate of drug-likeness (QED) is 0.0426. The Balaban J connectivity index is 0.000000216. The van der Waals surface area contributed by atoms with E-state index in [2.05, 4.69) is 156 Å². The SMILES string of the molecule is CC(C)(C)OC(=O)N[C@@H](CSC(c1ccccc1)(c1ccccc1)c1ccccc1)CN1CCC[C@H]1C(=O)O.CC(C)(C)OC(=O)N[C@@H](CSC(c1ccccc1)(c1ccccc1)c1ccccc1)CN1CCC[C@H]1C(=O)O.NC(=O)c1cccc(Cl)c1Cl. The number of alkyl carbamates (subject to hydrolysis) is 2. The number of amides is 3.